The molecule has 1 unspecified atom stereocenters. The number of hydrogen-bond donors (Lipinski definition) is 1. The first-order valence-corrected chi connectivity index (χ1v) is 8.37. The second kappa shape index (κ2) is 5.07. The van der Waals surface area contributed by atoms with Crippen molar-refractivity contribution in [3.05, 3.63) is 11.0 Å². The molecule has 0 radical (unpaired) electrons. The van der Waals surface area contributed by atoms with Gasteiger partial charge in [-0.1, -0.05) is 23.4 Å². The molecule has 0 amide bonds. The lowest BCUT2D eigenvalue weighted by Crippen LogP contribution is -2.33. The number of aliphatic hydroxyl groups excluding tert-OH is 1. The average Bonchev–Trinajstić information content (AvgIpc) is 2.83. The molecule has 22 heavy (non-hydrogen) atoms. The van der Waals surface area contributed by atoms with Crippen LogP contribution in [0.5, 0.6) is 5.88 Å². The van der Waals surface area contributed by atoms with E-state index >= 15 is 0 Å². The molecule has 0 aromatic carbocycles. The molecule has 1 fully saturated rings. The number of thioether (sulfide) groups is 1. The quantitative estimate of drug-likeness (QED) is 0.482. The molecule has 0 bridgehead atoms. The second-order valence-electron chi connectivity index (χ2n) is 5.29. The van der Waals surface area contributed by atoms with E-state index in [-0.39, 0.29) is 22.6 Å². The summed E-state index contributed by atoms with van der Waals surface area (Å²) in [7, 11) is 0. The molecule has 0 spiro atoms. The Morgan fingerprint density at radius 1 is 1.41 bits per heavy atom. The van der Waals surface area contributed by atoms with E-state index in [4.69, 9.17) is 16.3 Å². The maximum absolute atomic E-state index is 14.4. The fourth-order valence-electron chi connectivity index (χ4n) is 2.96. The van der Waals surface area contributed by atoms with Crippen molar-refractivity contribution in [1.82, 2.24) is 15.0 Å². The smallest absolute Gasteiger partial charge is 0.228 e. The van der Waals surface area contributed by atoms with Gasteiger partial charge in [-0.25, -0.2) is 14.4 Å². The Hall–Kier alpha value is -1.38. The Labute approximate surface area is 134 Å². The van der Waals surface area contributed by atoms with E-state index in [1.165, 1.54) is 11.8 Å². The van der Waals surface area contributed by atoms with Gasteiger partial charge in [0, 0.05) is 6.54 Å². The zero-order chi connectivity index (χ0) is 15.4. The molecule has 2 atom stereocenters. The lowest BCUT2D eigenvalue weighted by molar-refractivity contribution is 0.186. The van der Waals surface area contributed by atoms with E-state index < -0.39 is 11.9 Å². The number of ether oxygens (including phenoxy) is 1. The first-order chi connectivity index (χ1) is 10.6. The zero-order valence-electron chi connectivity index (χ0n) is 11.6. The number of aromatic nitrogens is 3. The summed E-state index contributed by atoms with van der Waals surface area (Å²) in [5, 5.41) is 10.5. The molecule has 4 heterocycles. The molecular weight excluding hydrogens is 331 g/mol. The third kappa shape index (κ3) is 2.01. The number of pyridine rings is 1. The molecule has 6 nitrogen and oxygen atoms in total. The van der Waals surface area contributed by atoms with Crippen LogP contribution in [0.2, 0.25) is 5.15 Å². The number of fused-ring (bicyclic) bond motifs is 2. The lowest BCUT2D eigenvalue weighted by atomic mass is 10.2. The number of aliphatic hydroxyl groups is 1. The summed E-state index contributed by atoms with van der Waals surface area (Å²) >= 11 is 7.17. The van der Waals surface area contributed by atoms with Crippen molar-refractivity contribution >= 4 is 40.1 Å². The van der Waals surface area contributed by atoms with E-state index in [1.54, 1.807) is 0 Å². The van der Waals surface area contributed by atoms with E-state index in [9.17, 15) is 9.50 Å². The van der Waals surface area contributed by atoms with Gasteiger partial charge in [-0.2, -0.15) is 4.98 Å². The summed E-state index contributed by atoms with van der Waals surface area (Å²) in [4.78, 5) is 14.6. The molecular formula is C13H12ClFN4O2S. The van der Waals surface area contributed by atoms with Gasteiger partial charge in [0.15, 0.2) is 16.1 Å². The van der Waals surface area contributed by atoms with Crippen LogP contribution in [0.1, 0.15) is 6.42 Å². The normalized spacial score (nSPS) is 23.4. The first-order valence-electron chi connectivity index (χ1n) is 6.76. The highest BCUT2D eigenvalue weighted by atomic mass is 35.5. The Morgan fingerprint density at radius 2 is 2.23 bits per heavy atom. The van der Waals surface area contributed by atoms with Gasteiger partial charge in [-0.3, -0.25) is 0 Å². The minimum absolute atomic E-state index is 0.0288. The van der Waals surface area contributed by atoms with Crippen molar-refractivity contribution < 1.29 is 14.2 Å². The first kappa shape index (κ1) is 14.2. The maximum Gasteiger partial charge on any atom is 0.228 e. The van der Waals surface area contributed by atoms with Crippen molar-refractivity contribution in [2.24, 2.45) is 0 Å². The largest absolute Gasteiger partial charge is 0.475 e. The zero-order valence-corrected chi connectivity index (χ0v) is 13.2. The summed E-state index contributed by atoms with van der Waals surface area (Å²) in [6, 6.07) is -0.0288. The van der Waals surface area contributed by atoms with Gasteiger partial charge < -0.3 is 14.7 Å². The van der Waals surface area contributed by atoms with E-state index in [1.807, 2.05) is 11.2 Å². The van der Waals surface area contributed by atoms with Crippen LogP contribution in [0.3, 0.4) is 0 Å². The number of nitrogens with zero attached hydrogens (tertiary/aromatic N) is 4. The van der Waals surface area contributed by atoms with Gasteiger partial charge >= 0.3 is 0 Å². The molecule has 1 saturated heterocycles. The molecule has 1 N–H and O–H groups in total. The second-order valence-corrected chi connectivity index (χ2v) is 6.42. The van der Waals surface area contributed by atoms with Gasteiger partial charge in [-0.15, -0.1) is 0 Å². The fourth-order valence-corrected chi connectivity index (χ4v) is 3.49. The lowest BCUT2D eigenvalue weighted by Gasteiger charge is -2.23. The van der Waals surface area contributed by atoms with Crippen LogP contribution in [0.4, 0.5) is 10.2 Å². The summed E-state index contributed by atoms with van der Waals surface area (Å²) in [5.41, 5.74) is 0.103. The van der Waals surface area contributed by atoms with Gasteiger partial charge in [0.05, 0.1) is 12.1 Å². The highest BCUT2D eigenvalue weighted by molar-refractivity contribution is 7.98. The predicted octanol–water partition coefficient (Wildman–Crippen LogP) is 1.87. The topological polar surface area (TPSA) is 71.4 Å². The van der Waals surface area contributed by atoms with E-state index in [2.05, 4.69) is 15.0 Å². The summed E-state index contributed by atoms with van der Waals surface area (Å²) in [5.74, 6) is 0.112. The number of rotatable bonds is 1. The van der Waals surface area contributed by atoms with Crippen LogP contribution in [0.25, 0.3) is 10.9 Å². The Kier molecular flexibility index (Phi) is 3.28. The Balaban J connectivity index is 2.05. The van der Waals surface area contributed by atoms with Crippen LogP contribution in [-0.4, -0.2) is 51.6 Å². The van der Waals surface area contributed by atoms with Crippen molar-refractivity contribution in [2.75, 3.05) is 24.3 Å². The number of anilines is 1. The minimum atomic E-state index is -0.679. The van der Waals surface area contributed by atoms with Crippen LogP contribution >= 0.6 is 23.4 Å². The van der Waals surface area contributed by atoms with E-state index in [0.29, 0.717) is 35.9 Å². The summed E-state index contributed by atoms with van der Waals surface area (Å²) < 4.78 is 20.1. The molecule has 4 rings (SSSR count). The third-order valence-electron chi connectivity index (χ3n) is 3.93. The predicted molar refractivity (Wildman–Crippen MR) is 81.3 cm³/mol. The molecule has 2 aliphatic rings. The molecule has 2 aliphatic heterocycles. The van der Waals surface area contributed by atoms with Crippen LogP contribution in [0.15, 0.2) is 5.16 Å². The highest BCUT2D eigenvalue weighted by Gasteiger charge is 2.37. The number of halogens is 2. The summed E-state index contributed by atoms with van der Waals surface area (Å²) in [6.07, 6.45) is 1.94. The van der Waals surface area contributed by atoms with Gasteiger partial charge in [-0.05, 0) is 12.7 Å². The molecule has 116 valence electrons. The fraction of sp³-hybridized carbons (Fsp3) is 0.462. The molecule has 2 aromatic heterocycles. The molecule has 0 aliphatic carbocycles. The number of hydrogen-bond acceptors (Lipinski definition) is 7. The average molecular weight is 343 g/mol. The van der Waals surface area contributed by atoms with Gasteiger partial charge in [0.25, 0.3) is 0 Å². The van der Waals surface area contributed by atoms with Crippen molar-refractivity contribution in [3.8, 4) is 5.88 Å². The maximum atomic E-state index is 14.4. The van der Waals surface area contributed by atoms with Crippen molar-refractivity contribution in [3.63, 3.8) is 0 Å². The highest BCUT2D eigenvalue weighted by Crippen LogP contribution is 2.40. The monoisotopic (exact) mass is 342 g/mol. The molecule has 9 heteroatoms. The van der Waals surface area contributed by atoms with Crippen LogP contribution in [-0.2, 0) is 0 Å². The summed E-state index contributed by atoms with van der Waals surface area (Å²) in [6.45, 7) is 0.768. The molecule has 0 saturated carbocycles. The van der Waals surface area contributed by atoms with Gasteiger partial charge in [0.1, 0.15) is 23.3 Å². The standard InChI is InChI=1S/C13H12ClFN4O2S/c1-22-13-16-9-7-11(18-13)19-3-6(20)2-5(19)4-21-12(7)17-10(14)8(9)15/h5-6,20H,2-4H2,1H3/t5-,6?/m0/s1. The Morgan fingerprint density at radius 3 is 3.00 bits per heavy atom. The van der Waals surface area contributed by atoms with E-state index in [0.717, 1.165) is 0 Å². The van der Waals surface area contributed by atoms with Crippen LogP contribution < -0.4 is 9.64 Å². The third-order valence-corrected chi connectivity index (χ3v) is 4.73. The minimum Gasteiger partial charge on any atom is -0.475 e. The van der Waals surface area contributed by atoms with Crippen molar-refractivity contribution in [2.45, 2.75) is 23.7 Å². The Bertz CT molecular complexity index is 778. The van der Waals surface area contributed by atoms with Crippen molar-refractivity contribution in [1.29, 1.82) is 0 Å². The van der Waals surface area contributed by atoms with Crippen LogP contribution in [0, 0.1) is 5.82 Å². The molecule has 2 aromatic rings. The van der Waals surface area contributed by atoms with Gasteiger partial charge in [0.2, 0.25) is 5.88 Å². The SMILES string of the molecule is CSc1nc2c3c(nc(Cl)c(F)c3n1)OC[C@@H]1CC(O)CN21.